The fraction of sp³-hybridized carbons (Fsp3) is 0.357. The van der Waals surface area contributed by atoms with Crippen LogP contribution >= 0.6 is 0 Å². The van der Waals surface area contributed by atoms with Crippen molar-refractivity contribution in [3.8, 4) is 5.75 Å². The SMILES string of the molecule is O=C(O)C=C1CC2(COC2)Oc2cc(C(F)(F)F)ccc21. The van der Waals surface area contributed by atoms with Gasteiger partial charge in [-0.2, -0.15) is 13.2 Å². The maximum absolute atomic E-state index is 12.8. The Balaban J connectivity index is 2.08. The van der Waals surface area contributed by atoms with Crippen molar-refractivity contribution < 1.29 is 32.5 Å². The standard InChI is InChI=1S/C14H11F3O4/c15-14(16,17)9-1-2-10-8(3-12(18)19)5-13(6-20-7-13)21-11(10)4-9/h1-4H,5-7H2,(H,18,19). The molecule has 1 saturated heterocycles. The van der Waals surface area contributed by atoms with Crippen LogP contribution in [-0.2, 0) is 15.7 Å². The maximum Gasteiger partial charge on any atom is 0.416 e. The van der Waals surface area contributed by atoms with Crippen molar-refractivity contribution in [2.45, 2.75) is 18.2 Å². The Hall–Kier alpha value is -2.02. The van der Waals surface area contributed by atoms with Crippen molar-refractivity contribution in [2.24, 2.45) is 0 Å². The first-order valence-electron chi connectivity index (χ1n) is 6.21. The van der Waals surface area contributed by atoms with Gasteiger partial charge in [0.05, 0.1) is 18.8 Å². The van der Waals surface area contributed by atoms with Crippen LogP contribution in [0.4, 0.5) is 13.2 Å². The molecule has 21 heavy (non-hydrogen) atoms. The summed E-state index contributed by atoms with van der Waals surface area (Å²) < 4.78 is 49.0. The van der Waals surface area contributed by atoms with Crippen LogP contribution in [0.1, 0.15) is 17.5 Å². The van der Waals surface area contributed by atoms with Gasteiger partial charge in [0, 0.05) is 18.1 Å². The van der Waals surface area contributed by atoms with Crippen LogP contribution in [-0.4, -0.2) is 29.9 Å². The molecule has 2 heterocycles. The zero-order valence-electron chi connectivity index (χ0n) is 10.7. The first-order valence-corrected chi connectivity index (χ1v) is 6.21. The molecule has 112 valence electrons. The van der Waals surface area contributed by atoms with Gasteiger partial charge in [-0.05, 0) is 17.7 Å². The molecule has 0 radical (unpaired) electrons. The zero-order valence-corrected chi connectivity index (χ0v) is 10.7. The fourth-order valence-electron chi connectivity index (χ4n) is 2.53. The fourth-order valence-corrected chi connectivity index (χ4v) is 2.53. The average Bonchev–Trinajstić information content (AvgIpc) is 2.34. The van der Waals surface area contributed by atoms with E-state index < -0.39 is 23.3 Å². The monoisotopic (exact) mass is 300 g/mol. The van der Waals surface area contributed by atoms with Gasteiger partial charge in [-0.25, -0.2) is 4.79 Å². The number of halogens is 3. The van der Waals surface area contributed by atoms with Crippen molar-refractivity contribution in [1.29, 1.82) is 0 Å². The summed E-state index contributed by atoms with van der Waals surface area (Å²) in [7, 11) is 0. The Kier molecular flexibility index (Phi) is 2.98. The highest BCUT2D eigenvalue weighted by Crippen LogP contribution is 2.45. The number of alkyl halides is 3. The number of fused-ring (bicyclic) bond motifs is 1. The second-order valence-corrected chi connectivity index (χ2v) is 5.17. The molecule has 0 unspecified atom stereocenters. The summed E-state index contributed by atoms with van der Waals surface area (Å²) in [4.78, 5) is 10.9. The summed E-state index contributed by atoms with van der Waals surface area (Å²) in [6.45, 7) is 0.472. The Morgan fingerprint density at radius 3 is 2.57 bits per heavy atom. The van der Waals surface area contributed by atoms with E-state index in [1.165, 1.54) is 6.07 Å². The van der Waals surface area contributed by atoms with Crippen LogP contribution in [0.25, 0.3) is 5.57 Å². The van der Waals surface area contributed by atoms with Gasteiger partial charge in [-0.3, -0.25) is 0 Å². The quantitative estimate of drug-likeness (QED) is 0.810. The lowest BCUT2D eigenvalue weighted by molar-refractivity contribution is -0.161. The number of aliphatic carboxylic acids is 1. The predicted octanol–water partition coefficient (Wildman–Crippen LogP) is 2.72. The number of carbonyl (C=O) groups is 1. The molecule has 0 aliphatic carbocycles. The Labute approximate surface area is 117 Å². The smallest absolute Gasteiger partial charge is 0.416 e. The van der Waals surface area contributed by atoms with E-state index >= 15 is 0 Å². The highest BCUT2D eigenvalue weighted by molar-refractivity contribution is 5.91. The normalized spacial score (nSPS) is 21.6. The summed E-state index contributed by atoms with van der Waals surface area (Å²) in [6.07, 6.45) is -3.16. The minimum Gasteiger partial charge on any atom is -0.481 e. The van der Waals surface area contributed by atoms with Crippen LogP contribution in [0.5, 0.6) is 5.75 Å². The highest BCUT2D eigenvalue weighted by atomic mass is 19.4. The summed E-state index contributed by atoms with van der Waals surface area (Å²) >= 11 is 0. The molecule has 0 atom stereocenters. The van der Waals surface area contributed by atoms with Gasteiger partial charge in [-0.1, -0.05) is 6.07 Å². The molecule has 1 aromatic carbocycles. The average molecular weight is 300 g/mol. The van der Waals surface area contributed by atoms with Crippen LogP contribution < -0.4 is 4.74 Å². The van der Waals surface area contributed by atoms with E-state index in [0.717, 1.165) is 18.2 Å². The Morgan fingerprint density at radius 2 is 2.05 bits per heavy atom. The number of hydrogen-bond acceptors (Lipinski definition) is 3. The molecule has 1 fully saturated rings. The lowest BCUT2D eigenvalue weighted by Gasteiger charge is -2.45. The molecular weight excluding hydrogens is 289 g/mol. The van der Waals surface area contributed by atoms with Crippen molar-refractivity contribution >= 4 is 11.5 Å². The van der Waals surface area contributed by atoms with Gasteiger partial charge in [0.2, 0.25) is 0 Å². The van der Waals surface area contributed by atoms with E-state index in [9.17, 15) is 18.0 Å². The van der Waals surface area contributed by atoms with Gasteiger partial charge < -0.3 is 14.6 Å². The lowest BCUT2D eigenvalue weighted by Crippen LogP contribution is -2.55. The summed E-state index contributed by atoms with van der Waals surface area (Å²) in [5.41, 5.74) is -0.754. The number of hydrogen-bond donors (Lipinski definition) is 1. The zero-order chi connectivity index (χ0) is 15.3. The Bertz CT molecular complexity index is 630. The summed E-state index contributed by atoms with van der Waals surface area (Å²) in [6, 6.07) is 3.08. The summed E-state index contributed by atoms with van der Waals surface area (Å²) in [5.74, 6) is -1.10. The van der Waals surface area contributed by atoms with Gasteiger partial charge in [-0.15, -0.1) is 0 Å². The Morgan fingerprint density at radius 1 is 1.33 bits per heavy atom. The molecule has 1 aromatic rings. The van der Waals surface area contributed by atoms with Crippen molar-refractivity contribution in [2.75, 3.05) is 13.2 Å². The van der Waals surface area contributed by atoms with E-state index in [2.05, 4.69) is 0 Å². The molecule has 1 N–H and O–H groups in total. The number of carboxylic acid groups (broad SMARTS) is 1. The van der Waals surface area contributed by atoms with Crippen LogP contribution in [0.3, 0.4) is 0 Å². The van der Waals surface area contributed by atoms with Crippen molar-refractivity contribution in [1.82, 2.24) is 0 Å². The third-order valence-electron chi connectivity index (χ3n) is 3.52. The van der Waals surface area contributed by atoms with Crippen LogP contribution in [0, 0.1) is 0 Å². The van der Waals surface area contributed by atoms with E-state index in [0.29, 0.717) is 17.6 Å². The van der Waals surface area contributed by atoms with Gasteiger partial charge >= 0.3 is 12.1 Å². The molecule has 0 amide bonds. The maximum atomic E-state index is 12.8. The first kappa shape index (κ1) is 13.9. The highest BCUT2D eigenvalue weighted by Gasteiger charge is 2.46. The van der Waals surface area contributed by atoms with E-state index in [1.54, 1.807) is 0 Å². The summed E-state index contributed by atoms with van der Waals surface area (Å²) in [5, 5.41) is 8.91. The third-order valence-corrected chi connectivity index (χ3v) is 3.52. The molecule has 0 bridgehead atoms. The molecule has 4 nitrogen and oxygen atoms in total. The minimum atomic E-state index is -4.48. The van der Waals surface area contributed by atoms with Crippen molar-refractivity contribution in [3.05, 3.63) is 35.4 Å². The van der Waals surface area contributed by atoms with Crippen molar-refractivity contribution in [3.63, 3.8) is 0 Å². The number of ether oxygens (including phenoxy) is 2. The topological polar surface area (TPSA) is 55.8 Å². The minimum absolute atomic E-state index is 0.0480. The number of benzene rings is 1. The van der Waals surface area contributed by atoms with E-state index in [1.807, 2.05) is 0 Å². The van der Waals surface area contributed by atoms with Gasteiger partial charge in [0.15, 0.2) is 5.60 Å². The molecule has 0 aromatic heterocycles. The third kappa shape index (κ3) is 2.49. The second kappa shape index (κ2) is 4.49. The van der Waals surface area contributed by atoms with E-state index in [-0.39, 0.29) is 19.0 Å². The van der Waals surface area contributed by atoms with E-state index in [4.69, 9.17) is 14.6 Å². The van der Waals surface area contributed by atoms with Gasteiger partial charge in [0.25, 0.3) is 0 Å². The molecule has 2 aliphatic rings. The van der Waals surface area contributed by atoms with Crippen LogP contribution in [0.2, 0.25) is 0 Å². The molecule has 3 rings (SSSR count). The molecular formula is C14H11F3O4. The molecule has 0 saturated carbocycles. The number of rotatable bonds is 1. The molecule has 2 aliphatic heterocycles. The lowest BCUT2D eigenvalue weighted by atomic mass is 9.85. The number of carboxylic acids is 1. The molecule has 1 spiro atoms. The largest absolute Gasteiger partial charge is 0.481 e. The second-order valence-electron chi connectivity index (χ2n) is 5.17. The molecule has 7 heteroatoms. The van der Waals surface area contributed by atoms with Crippen LogP contribution in [0.15, 0.2) is 24.3 Å². The van der Waals surface area contributed by atoms with Gasteiger partial charge in [0.1, 0.15) is 5.75 Å². The predicted molar refractivity (Wildman–Crippen MR) is 65.9 cm³/mol. The first-order chi connectivity index (χ1) is 9.79.